The maximum Gasteiger partial charge on any atom is 0.126 e. The first-order chi connectivity index (χ1) is 8.93. The third kappa shape index (κ3) is 1.40. The summed E-state index contributed by atoms with van der Waals surface area (Å²) in [6.07, 6.45) is 3.03. The lowest BCUT2D eigenvalue weighted by atomic mass is 9.83. The fourth-order valence-corrected chi connectivity index (χ4v) is 3.17. The van der Waals surface area contributed by atoms with E-state index in [0.717, 1.165) is 18.8 Å². The largest absolute Gasteiger partial charge is 0.467 e. The monoisotopic (exact) mass is 241 g/mol. The van der Waals surface area contributed by atoms with Crippen molar-refractivity contribution in [2.24, 2.45) is 5.92 Å². The lowest BCUT2D eigenvalue weighted by molar-refractivity contribution is 0.0808. The molecular formula is C15H15NO2. The van der Waals surface area contributed by atoms with Gasteiger partial charge in [-0.3, -0.25) is 0 Å². The Morgan fingerprint density at radius 3 is 2.94 bits per heavy atom. The Bertz CT molecular complexity index is 549. The molecular weight excluding hydrogens is 226 g/mol. The minimum Gasteiger partial charge on any atom is -0.467 e. The van der Waals surface area contributed by atoms with Gasteiger partial charge in [-0.1, -0.05) is 18.2 Å². The molecule has 1 aromatic heterocycles. The van der Waals surface area contributed by atoms with Crippen molar-refractivity contribution in [2.75, 3.05) is 11.9 Å². The number of rotatable bonds is 1. The van der Waals surface area contributed by atoms with Crippen molar-refractivity contribution in [1.82, 2.24) is 0 Å². The number of para-hydroxylation sites is 1. The van der Waals surface area contributed by atoms with Crippen molar-refractivity contribution >= 4 is 5.69 Å². The van der Waals surface area contributed by atoms with E-state index in [4.69, 9.17) is 9.15 Å². The van der Waals surface area contributed by atoms with Gasteiger partial charge in [-0.15, -0.1) is 0 Å². The quantitative estimate of drug-likeness (QED) is 0.829. The van der Waals surface area contributed by atoms with Crippen molar-refractivity contribution < 1.29 is 9.15 Å². The molecule has 0 spiro atoms. The van der Waals surface area contributed by atoms with Gasteiger partial charge in [0.1, 0.15) is 5.76 Å². The Morgan fingerprint density at radius 2 is 2.06 bits per heavy atom. The molecule has 0 saturated carbocycles. The van der Waals surface area contributed by atoms with Crippen LogP contribution in [-0.4, -0.2) is 6.61 Å². The van der Waals surface area contributed by atoms with Gasteiger partial charge >= 0.3 is 0 Å². The number of hydrogen-bond donors (Lipinski definition) is 1. The third-order valence-corrected chi connectivity index (χ3v) is 3.99. The van der Waals surface area contributed by atoms with Gasteiger partial charge in [-0.05, 0) is 24.6 Å². The fourth-order valence-electron chi connectivity index (χ4n) is 3.17. The second-order valence-corrected chi connectivity index (χ2v) is 4.97. The van der Waals surface area contributed by atoms with Crippen LogP contribution in [-0.2, 0) is 4.74 Å². The van der Waals surface area contributed by atoms with E-state index in [1.165, 1.54) is 11.3 Å². The van der Waals surface area contributed by atoms with Gasteiger partial charge in [0.15, 0.2) is 0 Å². The van der Waals surface area contributed by atoms with Crippen LogP contribution in [0.15, 0.2) is 47.1 Å². The summed E-state index contributed by atoms with van der Waals surface area (Å²) in [5.74, 6) is 1.47. The summed E-state index contributed by atoms with van der Waals surface area (Å²) in [5, 5.41) is 3.60. The zero-order valence-corrected chi connectivity index (χ0v) is 10.0. The van der Waals surface area contributed by atoms with Crippen molar-refractivity contribution in [3.63, 3.8) is 0 Å². The Balaban J connectivity index is 1.80. The Hall–Kier alpha value is -1.74. The molecule has 3 heterocycles. The molecule has 3 atom stereocenters. The third-order valence-electron chi connectivity index (χ3n) is 3.99. The van der Waals surface area contributed by atoms with E-state index in [1.54, 1.807) is 6.26 Å². The molecule has 0 radical (unpaired) electrons. The van der Waals surface area contributed by atoms with Gasteiger partial charge < -0.3 is 14.5 Å². The maximum atomic E-state index is 5.93. The second kappa shape index (κ2) is 3.89. The van der Waals surface area contributed by atoms with Crippen LogP contribution in [0.3, 0.4) is 0 Å². The zero-order valence-electron chi connectivity index (χ0n) is 10.0. The number of nitrogens with one attached hydrogen (secondary N) is 1. The summed E-state index contributed by atoms with van der Waals surface area (Å²) in [4.78, 5) is 0. The molecule has 0 bridgehead atoms. The van der Waals surface area contributed by atoms with E-state index in [2.05, 4.69) is 29.6 Å². The summed E-state index contributed by atoms with van der Waals surface area (Å²) < 4.78 is 11.5. The van der Waals surface area contributed by atoms with E-state index >= 15 is 0 Å². The molecule has 1 saturated heterocycles. The number of hydrogen-bond acceptors (Lipinski definition) is 3. The van der Waals surface area contributed by atoms with Gasteiger partial charge in [0.05, 0.1) is 18.4 Å². The first-order valence-corrected chi connectivity index (χ1v) is 6.44. The van der Waals surface area contributed by atoms with Crippen LogP contribution >= 0.6 is 0 Å². The highest BCUT2D eigenvalue weighted by atomic mass is 16.5. The second-order valence-electron chi connectivity index (χ2n) is 4.97. The number of furan rings is 1. The highest BCUT2D eigenvalue weighted by Crippen LogP contribution is 2.49. The Labute approximate surface area is 106 Å². The molecule has 2 aliphatic rings. The van der Waals surface area contributed by atoms with Crippen LogP contribution in [0, 0.1) is 5.92 Å². The number of benzene rings is 1. The summed E-state index contributed by atoms with van der Waals surface area (Å²) >= 11 is 0. The van der Waals surface area contributed by atoms with Crippen LogP contribution in [0.5, 0.6) is 0 Å². The molecule has 0 unspecified atom stereocenters. The Kier molecular flexibility index (Phi) is 2.20. The summed E-state index contributed by atoms with van der Waals surface area (Å²) in [6, 6.07) is 12.6. The molecule has 0 amide bonds. The van der Waals surface area contributed by atoms with Crippen molar-refractivity contribution in [3.8, 4) is 0 Å². The predicted molar refractivity (Wildman–Crippen MR) is 68.3 cm³/mol. The molecule has 3 heteroatoms. The average molecular weight is 241 g/mol. The molecule has 0 aliphatic carbocycles. The summed E-state index contributed by atoms with van der Waals surface area (Å²) in [6.45, 7) is 0.836. The van der Waals surface area contributed by atoms with Gasteiger partial charge in [-0.2, -0.15) is 0 Å². The van der Waals surface area contributed by atoms with Crippen molar-refractivity contribution in [3.05, 3.63) is 54.0 Å². The first kappa shape index (κ1) is 10.2. The highest BCUT2D eigenvalue weighted by molar-refractivity contribution is 5.56. The van der Waals surface area contributed by atoms with Crippen molar-refractivity contribution in [1.29, 1.82) is 0 Å². The first-order valence-electron chi connectivity index (χ1n) is 6.44. The van der Waals surface area contributed by atoms with E-state index in [-0.39, 0.29) is 12.1 Å². The van der Waals surface area contributed by atoms with E-state index < -0.39 is 0 Å². The standard InChI is InChI=1S/C15H15NO2/c1-2-5-12-10(4-1)15-11(7-9-18-15)14(16-12)13-6-3-8-17-13/h1-6,8,11,14-16H,7,9H2/t11-,14-,15-/m0/s1. The van der Waals surface area contributed by atoms with Crippen LogP contribution in [0.1, 0.15) is 29.9 Å². The molecule has 2 aliphatic heterocycles. The van der Waals surface area contributed by atoms with Crippen LogP contribution in [0.4, 0.5) is 5.69 Å². The minimum atomic E-state index is 0.206. The SMILES string of the molecule is c1coc([C@H]2Nc3ccccc3[C@@H]3OCC[C@@H]23)c1. The average Bonchev–Trinajstić information content (AvgIpc) is 3.09. The molecule has 1 N–H and O–H groups in total. The molecule has 1 fully saturated rings. The number of ether oxygens (including phenoxy) is 1. The number of anilines is 1. The predicted octanol–water partition coefficient (Wildman–Crippen LogP) is 3.52. The molecule has 4 rings (SSSR count). The molecule has 18 heavy (non-hydrogen) atoms. The Morgan fingerprint density at radius 1 is 1.11 bits per heavy atom. The zero-order chi connectivity index (χ0) is 11.9. The molecule has 1 aromatic carbocycles. The normalized spacial score (nSPS) is 29.4. The van der Waals surface area contributed by atoms with Gasteiger partial charge in [-0.25, -0.2) is 0 Å². The van der Waals surface area contributed by atoms with Gasteiger partial charge in [0, 0.05) is 23.8 Å². The molecule has 92 valence electrons. The molecule has 2 aromatic rings. The highest BCUT2D eigenvalue weighted by Gasteiger charge is 2.42. The lowest BCUT2D eigenvalue weighted by Gasteiger charge is -2.34. The molecule has 3 nitrogen and oxygen atoms in total. The summed E-state index contributed by atoms with van der Waals surface area (Å²) in [5.41, 5.74) is 2.45. The summed E-state index contributed by atoms with van der Waals surface area (Å²) in [7, 11) is 0. The van der Waals surface area contributed by atoms with Crippen LogP contribution in [0.2, 0.25) is 0 Å². The van der Waals surface area contributed by atoms with Crippen LogP contribution < -0.4 is 5.32 Å². The maximum absolute atomic E-state index is 5.93. The smallest absolute Gasteiger partial charge is 0.126 e. The van der Waals surface area contributed by atoms with Gasteiger partial charge in [0.25, 0.3) is 0 Å². The minimum absolute atomic E-state index is 0.206. The lowest BCUT2D eigenvalue weighted by Crippen LogP contribution is -2.28. The van der Waals surface area contributed by atoms with Gasteiger partial charge in [0.2, 0.25) is 0 Å². The number of fused-ring (bicyclic) bond motifs is 3. The van der Waals surface area contributed by atoms with Crippen molar-refractivity contribution in [2.45, 2.75) is 18.6 Å². The van der Waals surface area contributed by atoms with E-state index in [9.17, 15) is 0 Å². The van der Waals surface area contributed by atoms with E-state index in [1.807, 2.05) is 12.1 Å². The van der Waals surface area contributed by atoms with Crippen LogP contribution in [0.25, 0.3) is 0 Å². The fraction of sp³-hybridized carbons (Fsp3) is 0.333. The topological polar surface area (TPSA) is 34.4 Å². The van der Waals surface area contributed by atoms with E-state index in [0.29, 0.717) is 5.92 Å².